The molecule has 37 heavy (non-hydrogen) atoms. The molecular weight excluding hydrogens is 524 g/mol. The fourth-order valence-electron chi connectivity index (χ4n) is 3.39. The van der Waals surface area contributed by atoms with Crippen molar-refractivity contribution in [3.8, 4) is 0 Å². The topological polar surface area (TPSA) is 113 Å². The molecule has 0 saturated carbocycles. The molecule has 2 aromatic rings. The van der Waals surface area contributed by atoms with E-state index >= 15 is 0 Å². The lowest BCUT2D eigenvalue weighted by Crippen LogP contribution is -2.58. The zero-order chi connectivity index (χ0) is 27.8. The van der Waals surface area contributed by atoms with Gasteiger partial charge < -0.3 is 4.42 Å². The van der Waals surface area contributed by atoms with Crippen LogP contribution in [0.5, 0.6) is 0 Å². The molecule has 0 aliphatic heterocycles. The SMILES string of the molecule is Cc1c(C(=O)NNC(=O)c2ccccc2F)oc2c1/C(=N/NC(=O)C(F)(F)C(F)(F)C(F)(F)F)CCC2. The number of hydrogen-bond donors (Lipinski definition) is 3. The van der Waals surface area contributed by atoms with Crippen molar-refractivity contribution in [2.24, 2.45) is 5.10 Å². The smallest absolute Gasteiger partial charge is 0.455 e. The van der Waals surface area contributed by atoms with Crippen LogP contribution in [0.2, 0.25) is 0 Å². The predicted molar refractivity (Wildman–Crippen MR) is 108 cm³/mol. The Bertz CT molecular complexity index is 1270. The molecule has 1 aliphatic rings. The van der Waals surface area contributed by atoms with Crippen LogP contribution in [-0.4, -0.2) is 41.5 Å². The average molecular weight is 540 g/mol. The summed E-state index contributed by atoms with van der Waals surface area (Å²) in [6.07, 6.45) is -6.32. The maximum Gasteiger partial charge on any atom is 0.460 e. The summed E-state index contributed by atoms with van der Waals surface area (Å²) in [4.78, 5) is 36.1. The summed E-state index contributed by atoms with van der Waals surface area (Å²) in [5.41, 5.74) is 4.45. The Morgan fingerprint density at radius 3 is 2.19 bits per heavy atom. The van der Waals surface area contributed by atoms with Crippen molar-refractivity contribution in [1.29, 1.82) is 0 Å². The van der Waals surface area contributed by atoms with Crippen molar-refractivity contribution >= 4 is 23.4 Å². The minimum absolute atomic E-state index is 0.0306. The highest BCUT2D eigenvalue weighted by molar-refractivity contribution is 6.07. The molecular formula is C21H16F8N4O4. The molecule has 3 amide bonds. The zero-order valence-corrected chi connectivity index (χ0v) is 18.5. The summed E-state index contributed by atoms with van der Waals surface area (Å²) < 4.78 is 109. The first-order valence-electron chi connectivity index (χ1n) is 10.3. The number of amides is 3. The minimum Gasteiger partial charge on any atom is -0.455 e. The number of alkyl halides is 7. The number of nitrogens with one attached hydrogen (secondary N) is 3. The quantitative estimate of drug-likeness (QED) is 0.396. The summed E-state index contributed by atoms with van der Waals surface area (Å²) in [6.45, 7) is 1.31. The van der Waals surface area contributed by atoms with Gasteiger partial charge in [-0.25, -0.2) is 9.82 Å². The molecule has 0 atom stereocenters. The van der Waals surface area contributed by atoms with E-state index in [4.69, 9.17) is 4.42 Å². The molecule has 1 aromatic carbocycles. The first-order chi connectivity index (χ1) is 17.1. The van der Waals surface area contributed by atoms with Gasteiger partial charge in [-0.3, -0.25) is 25.2 Å². The van der Waals surface area contributed by atoms with Crippen molar-refractivity contribution in [3.05, 3.63) is 58.3 Å². The summed E-state index contributed by atoms with van der Waals surface area (Å²) in [7, 11) is 0. The highest BCUT2D eigenvalue weighted by Gasteiger charge is 2.76. The third-order valence-electron chi connectivity index (χ3n) is 5.27. The number of hydrazone groups is 1. The van der Waals surface area contributed by atoms with Gasteiger partial charge in [0, 0.05) is 17.5 Å². The number of nitrogens with zero attached hydrogens (tertiary/aromatic N) is 1. The largest absolute Gasteiger partial charge is 0.460 e. The standard InChI is InChI=1S/C21H16F8N4O4/c1-9-14-12(30-33-18(36)19(23,24)20(25,26)21(27,28)29)7-4-8-13(14)37-15(9)17(35)32-31-16(34)10-5-2-3-6-11(10)22/h2-3,5-6H,4,7-8H2,1H3,(H,31,34)(H,32,35)(H,33,36)/b30-12+. The molecule has 3 rings (SSSR count). The van der Waals surface area contributed by atoms with Gasteiger partial charge in [0.15, 0.2) is 5.76 Å². The van der Waals surface area contributed by atoms with E-state index in [1.54, 1.807) is 0 Å². The van der Waals surface area contributed by atoms with Crippen LogP contribution in [0.1, 0.15) is 50.6 Å². The molecule has 0 saturated heterocycles. The van der Waals surface area contributed by atoms with Crippen LogP contribution in [0.4, 0.5) is 35.1 Å². The van der Waals surface area contributed by atoms with Crippen LogP contribution in [0.15, 0.2) is 33.8 Å². The van der Waals surface area contributed by atoms with Gasteiger partial charge >= 0.3 is 29.8 Å². The Morgan fingerprint density at radius 2 is 1.57 bits per heavy atom. The van der Waals surface area contributed by atoms with Gasteiger partial charge in [0.25, 0.3) is 5.91 Å². The number of carbonyl (C=O) groups is 3. The molecule has 1 heterocycles. The van der Waals surface area contributed by atoms with Crippen LogP contribution in [0.3, 0.4) is 0 Å². The van der Waals surface area contributed by atoms with Crippen LogP contribution in [-0.2, 0) is 11.2 Å². The van der Waals surface area contributed by atoms with E-state index in [2.05, 4.69) is 5.10 Å². The third kappa shape index (κ3) is 5.13. The molecule has 3 N–H and O–H groups in total. The second kappa shape index (κ2) is 9.82. The summed E-state index contributed by atoms with van der Waals surface area (Å²) in [5.74, 6) is -19.0. The average Bonchev–Trinajstić information content (AvgIpc) is 3.17. The van der Waals surface area contributed by atoms with Crippen LogP contribution in [0, 0.1) is 12.7 Å². The lowest BCUT2D eigenvalue weighted by Gasteiger charge is -2.26. The highest BCUT2D eigenvalue weighted by Crippen LogP contribution is 2.46. The van der Waals surface area contributed by atoms with E-state index in [-0.39, 0.29) is 47.4 Å². The second-order valence-electron chi connectivity index (χ2n) is 7.74. The first-order valence-corrected chi connectivity index (χ1v) is 10.3. The van der Waals surface area contributed by atoms with E-state index in [1.165, 1.54) is 19.1 Å². The van der Waals surface area contributed by atoms with Gasteiger partial charge in [0.2, 0.25) is 0 Å². The lowest BCUT2D eigenvalue weighted by atomic mass is 9.93. The van der Waals surface area contributed by atoms with Gasteiger partial charge in [0.1, 0.15) is 11.6 Å². The van der Waals surface area contributed by atoms with Crippen molar-refractivity contribution < 1.29 is 53.9 Å². The number of rotatable bonds is 5. The van der Waals surface area contributed by atoms with Gasteiger partial charge in [0.05, 0.1) is 11.3 Å². The number of aryl methyl sites for hydroxylation is 1. The van der Waals surface area contributed by atoms with E-state index in [0.29, 0.717) is 0 Å². The van der Waals surface area contributed by atoms with Crippen LogP contribution in [0.25, 0.3) is 0 Å². The van der Waals surface area contributed by atoms with Crippen molar-refractivity contribution in [1.82, 2.24) is 16.3 Å². The zero-order valence-electron chi connectivity index (χ0n) is 18.5. The van der Waals surface area contributed by atoms with Gasteiger partial charge in [-0.1, -0.05) is 12.1 Å². The third-order valence-corrected chi connectivity index (χ3v) is 5.27. The maximum atomic E-state index is 13.7. The van der Waals surface area contributed by atoms with Gasteiger partial charge in [-0.2, -0.15) is 35.8 Å². The molecule has 16 heteroatoms. The Morgan fingerprint density at radius 1 is 0.946 bits per heavy atom. The molecule has 0 fully saturated rings. The van der Waals surface area contributed by atoms with E-state index in [9.17, 15) is 49.5 Å². The normalized spacial score (nSPS) is 15.2. The first kappa shape index (κ1) is 27.6. The molecule has 0 unspecified atom stereocenters. The van der Waals surface area contributed by atoms with E-state index in [1.807, 2.05) is 10.9 Å². The summed E-state index contributed by atoms with van der Waals surface area (Å²) in [6, 6.07) is 4.89. The Labute approximate surface area is 202 Å². The Hall–Kier alpha value is -3.98. The number of halogens is 8. The van der Waals surface area contributed by atoms with Crippen LogP contribution < -0.4 is 16.3 Å². The molecule has 8 nitrogen and oxygen atoms in total. The number of hydrazine groups is 1. The lowest BCUT2D eigenvalue weighted by molar-refractivity contribution is -0.344. The molecule has 0 radical (unpaired) electrons. The molecule has 0 bridgehead atoms. The van der Waals surface area contributed by atoms with E-state index in [0.717, 1.165) is 17.6 Å². The molecule has 1 aromatic heterocycles. The number of furan rings is 1. The Kier molecular flexibility index (Phi) is 7.32. The molecule has 200 valence electrons. The fraction of sp³-hybridized carbons (Fsp3) is 0.333. The molecule has 1 aliphatic carbocycles. The highest BCUT2D eigenvalue weighted by atomic mass is 19.4. The summed E-state index contributed by atoms with van der Waals surface area (Å²) >= 11 is 0. The monoisotopic (exact) mass is 540 g/mol. The van der Waals surface area contributed by atoms with Gasteiger partial charge in [-0.05, 0) is 31.9 Å². The van der Waals surface area contributed by atoms with Crippen molar-refractivity contribution in [2.45, 2.75) is 44.2 Å². The number of carbonyl (C=O) groups excluding carboxylic acids is 3. The Balaban J connectivity index is 1.78. The minimum atomic E-state index is -6.70. The second-order valence-corrected chi connectivity index (χ2v) is 7.74. The van der Waals surface area contributed by atoms with Crippen LogP contribution >= 0.6 is 0 Å². The predicted octanol–water partition coefficient (Wildman–Crippen LogP) is 3.79. The van der Waals surface area contributed by atoms with Crippen molar-refractivity contribution in [3.63, 3.8) is 0 Å². The molecule has 0 spiro atoms. The van der Waals surface area contributed by atoms with E-state index < -0.39 is 47.3 Å². The maximum absolute atomic E-state index is 13.7. The number of hydrogen-bond acceptors (Lipinski definition) is 5. The number of fused-ring (bicyclic) bond motifs is 1. The number of benzene rings is 1. The summed E-state index contributed by atoms with van der Waals surface area (Å²) in [5, 5.41) is 3.28. The van der Waals surface area contributed by atoms with Crippen molar-refractivity contribution in [2.75, 3.05) is 0 Å². The fourth-order valence-corrected chi connectivity index (χ4v) is 3.39. The van der Waals surface area contributed by atoms with Gasteiger partial charge in [-0.15, -0.1) is 0 Å².